The quantitative estimate of drug-likeness (QED) is 0.203. The molecule has 2 heterocycles. The van der Waals surface area contributed by atoms with Crippen molar-refractivity contribution in [1.82, 2.24) is 14.8 Å². The Bertz CT molecular complexity index is 1170. The second-order valence-electron chi connectivity index (χ2n) is 7.90. The number of ether oxygens (including phenoxy) is 1. The maximum absolute atomic E-state index is 12.6. The van der Waals surface area contributed by atoms with Crippen LogP contribution in [0.4, 0.5) is 11.4 Å². The van der Waals surface area contributed by atoms with E-state index in [0.29, 0.717) is 34.4 Å². The fourth-order valence-electron chi connectivity index (χ4n) is 4.09. The van der Waals surface area contributed by atoms with E-state index in [1.54, 1.807) is 10.6 Å². The molecule has 0 saturated carbocycles. The predicted octanol–water partition coefficient (Wildman–Crippen LogP) is 3.18. The van der Waals surface area contributed by atoms with E-state index in [4.69, 9.17) is 0 Å². The number of amides is 1. The van der Waals surface area contributed by atoms with Gasteiger partial charge in [0.25, 0.3) is 6.47 Å². The van der Waals surface area contributed by atoms with Gasteiger partial charge >= 0.3 is 0 Å². The van der Waals surface area contributed by atoms with E-state index in [2.05, 4.69) is 50.4 Å². The molecule has 0 radical (unpaired) electrons. The topological polar surface area (TPSA) is 110 Å². The van der Waals surface area contributed by atoms with Gasteiger partial charge in [-0.05, 0) is 55.2 Å². The number of carbonyl (C=O) groups excluding carboxylic acids is 2. The van der Waals surface area contributed by atoms with Crippen molar-refractivity contribution in [2.45, 2.75) is 42.3 Å². The molecule has 1 amide bonds. The van der Waals surface area contributed by atoms with Crippen LogP contribution in [-0.4, -0.2) is 45.3 Å². The number of aryl methyl sites for hydroxylation is 1. The molecule has 2 N–H and O–H groups in total. The minimum atomic E-state index is -1.26. The molecule has 1 unspecified atom stereocenters. The van der Waals surface area contributed by atoms with Crippen LogP contribution in [0, 0.1) is 0 Å². The van der Waals surface area contributed by atoms with Gasteiger partial charge < -0.3 is 20.1 Å². The van der Waals surface area contributed by atoms with Crippen LogP contribution in [0.2, 0.25) is 0 Å². The van der Waals surface area contributed by atoms with Gasteiger partial charge in [-0.3, -0.25) is 14.2 Å². The molecule has 1 aliphatic heterocycles. The van der Waals surface area contributed by atoms with Crippen LogP contribution in [-0.2, 0) is 20.7 Å². The maximum Gasteiger partial charge on any atom is 0.295 e. The number of thiol groups is 2. The lowest BCUT2D eigenvalue weighted by Crippen LogP contribution is -2.31. The molecule has 3 aromatic rings. The zero-order chi connectivity index (χ0) is 24.1. The number of hydrogen-bond acceptors (Lipinski definition) is 9. The lowest BCUT2D eigenvalue weighted by molar-refractivity contribution is -0.152. The van der Waals surface area contributed by atoms with E-state index in [9.17, 15) is 14.7 Å². The summed E-state index contributed by atoms with van der Waals surface area (Å²) in [6.45, 7) is 1.88. The van der Waals surface area contributed by atoms with Crippen LogP contribution in [0.25, 0.3) is 5.69 Å². The van der Waals surface area contributed by atoms with Crippen molar-refractivity contribution in [2.75, 3.05) is 23.3 Å². The van der Waals surface area contributed by atoms with Crippen molar-refractivity contribution in [3.63, 3.8) is 0 Å². The summed E-state index contributed by atoms with van der Waals surface area (Å²) in [5.41, 5.74) is 4.16. The third-order valence-corrected chi connectivity index (χ3v) is 6.22. The standard InChI is InChI=1S/C23H25N5O4S2/c29-14-32-21(31)16-8-9-19-15(12-16)4-2-10-27(19)11-3-7-20(30)24-17-5-1-6-18(13-17)28-22(33)25-26-23(28)34/h1,5-6,8-9,12-14,21,31H,2-4,7,10-11H2,(H,24,30)(H,25,33)(H,26,34). The minimum Gasteiger partial charge on any atom is -0.434 e. The van der Waals surface area contributed by atoms with E-state index >= 15 is 0 Å². The molecular formula is C23H25N5O4S2. The van der Waals surface area contributed by atoms with E-state index in [1.165, 1.54) is 0 Å². The smallest absolute Gasteiger partial charge is 0.295 e. The van der Waals surface area contributed by atoms with Gasteiger partial charge in [0.05, 0.1) is 5.69 Å². The highest BCUT2D eigenvalue weighted by molar-refractivity contribution is 7.80. The first-order chi connectivity index (χ1) is 16.5. The van der Waals surface area contributed by atoms with Gasteiger partial charge in [-0.25, -0.2) is 0 Å². The average Bonchev–Trinajstić information content (AvgIpc) is 3.17. The van der Waals surface area contributed by atoms with Gasteiger partial charge in [0, 0.05) is 36.4 Å². The van der Waals surface area contributed by atoms with Crippen molar-refractivity contribution in [3.05, 3.63) is 53.6 Å². The normalized spacial score (nSPS) is 13.8. The lowest BCUT2D eigenvalue weighted by Gasteiger charge is -2.32. The van der Waals surface area contributed by atoms with E-state index in [1.807, 2.05) is 36.4 Å². The van der Waals surface area contributed by atoms with Crippen molar-refractivity contribution in [2.24, 2.45) is 0 Å². The molecule has 0 aliphatic carbocycles. The molecule has 1 aliphatic rings. The Morgan fingerprint density at radius 1 is 1.21 bits per heavy atom. The molecule has 0 bridgehead atoms. The first kappa shape index (κ1) is 24.1. The molecule has 178 valence electrons. The zero-order valence-electron chi connectivity index (χ0n) is 18.3. The SMILES string of the molecule is O=COC(O)c1ccc2c(c1)CCCN2CCCC(=O)Nc1cccc(-n2c(S)nnc2S)c1. The number of fused-ring (bicyclic) bond motifs is 1. The van der Waals surface area contributed by atoms with Crippen LogP contribution >= 0.6 is 25.3 Å². The fourth-order valence-corrected chi connectivity index (χ4v) is 4.68. The van der Waals surface area contributed by atoms with Crippen LogP contribution in [0.15, 0.2) is 52.8 Å². The largest absolute Gasteiger partial charge is 0.434 e. The first-order valence-corrected chi connectivity index (χ1v) is 11.7. The van der Waals surface area contributed by atoms with Gasteiger partial charge in [-0.2, -0.15) is 0 Å². The summed E-state index contributed by atoms with van der Waals surface area (Å²) in [6.07, 6.45) is 1.67. The summed E-state index contributed by atoms with van der Waals surface area (Å²) in [5, 5.41) is 21.4. The van der Waals surface area contributed by atoms with Crippen molar-refractivity contribution >= 4 is 49.0 Å². The summed E-state index contributed by atoms with van der Waals surface area (Å²) in [7, 11) is 0. The van der Waals surface area contributed by atoms with Gasteiger partial charge in [-0.15, -0.1) is 35.5 Å². The number of aliphatic hydroxyl groups is 1. The van der Waals surface area contributed by atoms with Crippen LogP contribution in [0.5, 0.6) is 0 Å². The van der Waals surface area contributed by atoms with Crippen LogP contribution < -0.4 is 10.2 Å². The monoisotopic (exact) mass is 499 g/mol. The van der Waals surface area contributed by atoms with Gasteiger partial charge in [-0.1, -0.05) is 12.1 Å². The average molecular weight is 500 g/mol. The molecular weight excluding hydrogens is 474 g/mol. The lowest BCUT2D eigenvalue weighted by atomic mass is 9.98. The Kier molecular flexibility index (Phi) is 7.76. The molecule has 9 nitrogen and oxygen atoms in total. The minimum absolute atomic E-state index is 0.0696. The van der Waals surface area contributed by atoms with Crippen molar-refractivity contribution < 1.29 is 19.4 Å². The highest BCUT2D eigenvalue weighted by Gasteiger charge is 2.19. The number of benzene rings is 2. The summed E-state index contributed by atoms with van der Waals surface area (Å²) >= 11 is 8.58. The highest BCUT2D eigenvalue weighted by atomic mass is 32.1. The molecule has 4 rings (SSSR count). The second-order valence-corrected chi connectivity index (χ2v) is 8.70. The number of nitrogens with zero attached hydrogens (tertiary/aromatic N) is 4. The molecule has 1 aromatic heterocycles. The second kappa shape index (κ2) is 10.9. The first-order valence-electron chi connectivity index (χ1n) is 10.8. The summed E-state index contributed by atoms with van der Waals surface area (Å²) in [6, 6.07) is 12.9. The van der Waals surface area contributed by atoms with Crippen LogP contribution in [0.3, 0.4) is 0 Å². The van der Waals surface area contributed by atoms with Crippen molar-refractivity contribution in [3.8, 4) is 5.69 Å². The molecule has 11 heteroatoms. The number of hydrogen-bond donors (Lipinski definition) is 4. The molecule has 1 atom stereocenters. The molecule has 0 saturated heterocycles. The molecule has 0 spiro atoms. The fraction of sp³-hybridized carbons (Fsp3) is 0.304. The number of aromatic nitrogens is 3. The Balaban J connectivity index is 1.33. The van der Waals surface area contributed by atoms with Gasteiger partial charge in [0.2, 0.25) is 12.2 Å². The number of carbonyl (C=O) groups is 2. The summed E-state index contributed by atoms with van der Waals surface area (Å²) in [4.78, 5) is 25.3. The Hall–Kier alpha value is -3.02. The Labute approximate surface area is 208 Å². The summed E-state index contributed by atoms with van der Waals surface area (Å²) in [5.74, 6) is -0.0696. The number of anilines is 2. The van der Waals surface area contributed by atoms with E-state index < -0.39 is 6.29 Å². The number of nitrogens with one attached hydrogen (secondary N) is 1. The third kappa shape index (κ3) is 5.54. The Morgan fingerprint density at radius 3 is 2.76 bits per heavy atom. The van der Waals surface area contributed by atoms with Gasteiger partial charge in [0.1, 0.15) is 0 Å². The van der Waals surface area contributed by atoms with Gasteiger partial charge in [0.15, 0.2) is 10.3 Å². The van der Waals surface area contributed by atoms with E-state index in [0.717, 1.165) is 42.9 Å². The highest BCUT2D eigenvalue weighted by Crippen LogP contribution is 2.30. The molecule has 0 fully saturated rings. The summed E-state index contributed by atoms with van der Waals surface area (Å²) < 4.78 is 6.30. The maximum atomic E-state index is 12.6. The molecule has 34 heavy (non-hydrogen) atoms. The van der Waals surface area contributed by atoms with E-state index in [-0.39, 0.29) is 12.4 Å². The van der Waals surface area contributed by atoms with Crippen molar-refractivity contribution in [1.29, 1.82) is 0 Å². The number of rotatable bonds is 9. The van der Waals surface area contributed by atoms with Crippen LogP contribution in [0.1, 0.15) is 36.7 Å². The Morgan fingerprint density at radius 2 is 2.00 bits per heavy atom. The third-order valence-electron chi connectivity index (χ3n) is 5.64. The predicted molar refractivity (Wildman–Crippen MR) is 133 cm³/mol. The zero-order valence-corrected chi connectivity index (χ0v) is 20.1. The molecule has 2 aromatic carbocycles. The number of aliphatic hydroxyl groups excluding tert-OH is 1.